The van der Waals surface area contributed by atoms with Gasteiger partial charge in [-0.2, -0.15) is 4.98 Å². The number of oxazole rings is 1. The summed E-state index contributed by atoms with van der Waals surface area (Å²) >= 11 is 0. The van der Waals surface area contributed by atoms with Gasteiger partial charge >= 0.3 is 6.01 Å². The third kappa shape index (κ3) is 2.49. The van der Waals surface area contributed by atoms with Crippen LogP contribution in [0.25, 0.3) is 0 Å². The van der Waals surface area contributed by atoms with Crippen LogP contribution in [-0.4, -0.2) is 18.1 Å². The molecule has 0 atom stereocenters. The van der Waals surface area contributed by atoms with Crippen LogP contribution in [-0.2, 0) is 13.0 Å². The van der Waals surface area contributed by atoms with Crippen LogP contribution in [0.4, 0.5) is 11.7 Å². The highest BCUT2D eigenvalue weighted by molar-refractivity contribution is 5.62. The summed E-state index contributed by atoms with van der Waals surface area (Å²) in [5.74, 6) is 0. The minimum atomic E-state index is 0.708. The van der Waals surface area contributed by atoms with E-state index in [1.54, 1.807) is 6.26 Å². The number of hydrogen-bond acceptors (Lipinski definition) is 4. The van der Waals surface area contributed by atoms with Crippen molar-refractivity contribution in [2.24, 2.45) is 0 Å². The van der Waals surface area contributed by atoms with Crippen molar-refractivity contribution < 1.29 is 4.42 Å². The van der Waals surface area contributed by atoms with Crippen LogP contribution in [0.3, 0.4) is 0 Å². The fourth-order valence-corrected chi connectivity index (χ4v) is 2.49. The predicted molar refractivity (Wildman–Crippen MR) is 75.7 cm³/mol. The van der Waals surface area contributed by atoms with E-state index in [-0.39, 0.29) is 0 Å². The van der Waals surface area contributed by atoms with Gasteiger partial charge in [0.2, 0.25) is 0 Å². The molecule has 3 rings (SSSR count). The lowest BCUT2D eigenvalue weighted by molar-refractivity contribution is 0.543. The third-order valence-corrected chi connectivity index (χ3v) is 3.44. The molecule has 1 N–H and O–H groups in total. The molecule has 0 aliphatic carbocycles. The van der Waals surface area contributed by atoms with Crippen LogP contribution in [0.1, 0.15) is 24.6 Å². The van der Waals surface area contributed by atoms with Crippen molar-refractivity contribution in [2.75, 3.05) is 18.0 Å². The molecule has 2 heterocycles. The molecule has 1 aliphatic rings. The molecular weight excluding hydrogens is 238 g/mol. The Morgan fingerprint density at radius 1 is 1.37 bits per heavy atom. The molecule has 0 radical (unpaired) electrons. The van der Waals surface area contributed by atoms with Crippen molar-refractivity contribution in [1.82, 2.24) is 10.3 Å². The number of aromatic nitrogens is 1. The number of nitrogens with one attached hydrogen (secondary N) is 1. The highest BCUT2D eigenvalue weighted by Gasteiger charge is 2.21. The quantitative estimate of drug-likeness (QED) is 0.914. The van der Waals surface area contributed by atoms with E-state index in [1.807, 2.05) is 0 Å². The molecule has 1 aromatic carbocycles. The number of fused-ring (bicyclic) bond motifs is 1. The molecule has 0 saturated carbocycles. The second kappa shape index (κ2) is 5.45. The van der Waals surface area contributed by atoms with Gasteiger partial charge < -0.3 is 9.73 Å². The Kier molecular flexibility index (Phi) is 3.51. The maximum atomic E-state index is 5.63. The van der Waals surface area contributed by atoms with Gasteiger partial charge in [-0.1, -0.05) is 25.1 Å². The lowest BCUT2D eigenvalue weighted by Crippen LogP contribution is -2.24. The number of anilines is 2. The molecule has 0 spiro atoms. The zero-order valence-electron chi connectivity index (χ0n) is 11.2. The Labute approximate surface area is 113 Å². The molecule has 0 bridgehead atoms. The average Bonchev–Trinajstić information content (AvgIpc) is 2.93. The second-order valence-electron chi connectivity index (χ2n) is 4.79. The summed E-state index contributed by atoms with van der Waals surface area (Å²) in [5, 5.41) is 3.26. The molecule has 4 heteroatoms. The number of aryl methyl sites for hydroxylation is 1. The Bertz CT molecular complexity index is 550. The molecule has 0 unspecified atom stereocenters. The molecule has 0 saturated heterocycles. The standard InChI is InChI=1S/C15H19N3O/c1-2-16-10-13-11-19-15(17-13)18-9-5-7-12-6-3-4-8-14(12)18/h3-4,6,8,11,16H,2,5,7,9-10H2,1H3. The molecule has 4 nitrogen and oxygen atoms in total. The second-order valence-corrected chi connectivity index (χ2v) is 4.79. The zero-order valence-corrected chi connectivity index (χ0v) is 11.2. The molecule has 2 aromatic rings. The first-order valence-electron chi connectivity index (χ1n) is 6.89. The first-order valence-corrected chi connectivity index (χ1v) is 6.89. The minimum absolute atomic E-state index is 0.708. The molecule has 0 fully saturated rings. The van der Waals surface area contributed by atoms with Gasteiger partial charge in [0.15, 0.2) is 0 Å². The van der Waals surface area contributed by atoms with Gasteiger partial charge in [-0.05, 0) is 31.0 Å². The van der Waals surface area contributed by atoms with Crippen molar-refractivity contribution in [3.05, 3.63) is 41.8 Å². The number of rotatable bonds is 4. The first kappa shape index (κ1) is 12.2. The van der Waals surface area contributed by atoms with Crippen LogP contribution in [0.2, 0.25) is 0 Å². The fraction of sp³-hybridized carbons (Fsp3) is 0.400. The van der Waals surface area contributed by atoms with Crippen molar-refractivity contribution in [3.8, 4) is 0 Å². The van der Waals surface area contributed by atoms with E-state index in [0.29, 0.717) is 6.01 Å². The van der Waals surface area contributed by atoms with E-state index in [1.165, 1.54) is 11.3 Å². The van der Waals surface area contributed by atoms with Gasteiger partial charge in [0.1, 0.15) is 6.26 Å². The Hall–Kier alpha value is -1.81. The summed E-state index contributed by atoms with van der Waals surface area (Å²) in [5.41, 5.74) is 3.56. The minimum Gasteiger partial charge on any atom is -0.431 e. The smallest absolute Gasteiger partial charge is 0.302 e. The molecule has 1 aromatic heterocycles. The molecule has 100 valence electrons. The summed E-state index contributed by atoms with van der Waals surface area (Å²) < 4.78 is 5.63. The third-order valence-electron chi connectivity index (χ3n) is 3.44. The monoisotopic (exact) mass is 257 g/mol. The Balaban J connectivity index is 1.85. The van der Waals surface area contributed by atoms with Crippen molar-refractivity contribution in [3.63, 3.8) is 0 Å². The lowest BCUT2D eigenvalue weighted by atomic mass is 10.0. The highest BCUT2D eigenvalue weighted by atomic mass is 16.4. The normalized spacial score (nSPS) is 14.5. The van der Waals surface area contributed by atoms with E-state index in [2.05, 4.69) is 46.4 Å². The number of benzene rings is 1. The van der Waals surface area contributed by atoms with E-state index >= 15 is 0 Å². The molecule has 0 amide bonds. The van der Waals surface area contributed by atoms with Crippen LogP contribution in [0.5, 0.6) is 0 Å². The summed E-state index contributed by atoms with van der Waals surface area (Å²) in [7, 11) is 0. The number of hydrogen-bond donors (Lipinski definition) is 1. The van der Waals surface area contributed by atoms with Crippen LogP contribution in [0, 0.1) is 0 Å². The maximum Gasteiger partial charge on any atom is 0.302 e. The highest BCUT2D eigenvalue weighted by Crippen LogP contribution is 2.32. The van der Waals surface area contributed by atoms with Gasteiger partial charge in [-0.25, -0.2) is 0 Å². The van der Waals surface area contributed by atoms with Crippen LogP contribution < -0.4 is 10.2 Å². The molecular formula is C15H19N3O. The van der Waals surface area contributed by atoms with Gasteiger partial charge in [0.05, 0.1) is 5.69 Å². The zero-order chi connectivity index (χ0) is 13.1. The van der Waals surface area contributed by atoms with Gasteiger partial charge in [0.25, 0.3) is 0 Å². The average molecular weight is 257 g/mol. The van der Waals surface area contributed by atoms with Gasteiger partial charge in [0, 0.05) is 18.8 Å². The lowest BCUT2D eigenvalue weighted by Gasteiger charge is -2.27. The summed E-state index contributed by atoms with van der Waals surface area (Å²) in [6.07, 6.45) is 4.02. The van der Waals surface area contributed by atoms with E-state index in [4.69, 9.17) is 4.42 Å². The maximum absolute atomic E-state index is 5.63. The summed E-state index contributed by atoms with van der Waals surface area (Å²) in [6.45, 7) is 4.75. The van der Waals surface area contributed by atoms with Crippen molar-refractivity contribution in [1.29, 1.82) is 0 Å². The number of para-hydroxylation sites is 1. The molecule has 19 heavy (non-hydrogen) atoms. The van der Waals surface area contributed by atoms with E-state index in [9.17, 15) is 0 Å². The predicted octanol–water partition coefficient (Wildman–Crippen LogP) is 2.87. The van der Waals surface area contributed by atoms with Gasteiger partial charge in [-0.15, -0.1) is 0 Å². The first-order chi connectivity index (χ1) is 9.38. The SMILES string of the molecule is CCNCc1coc(N2CCCc3ccccc32)n1. The molecule has 1 aliphatic heterocycles. The fourth-order valence-electron chi connectivity index (χ4n) is 2.49. The van der Waals surface area contributed by atoms with Crippen LogP contribution >= 0.6 is 0 Å². The van der Waals surface area contributed by atoms with E-state index < -0.39 is 0 Å². The Morgan fingerprint density at radius 3 is 3.16 bits per heavy atom. The summed E-state index contributed by atoms with van der Waals surface area (Å²) in [4.78, 5) is 6.74. The largest absolute Gasteiger partial charge is 0.431 e. The van der Waals surface area contributed by atoms with Crippen molar-refractivity contribution in [2.45, 2.75) is 26.3 Å². The van der Waals surface area contributed by atoms with Crippen LogP contribution in [0.15, 0.2) is 34.9 Å². The topological polar surface area (TPSA) is 41.3 Å². The number of nitrogens with zero attached hydrogens (tertiary/aromatic N) is 2. The van der Waals surface area contributed by atoms with Crippen molar-refractivity contribution >= 4 is 11.7 Å². The summed E-state index contributed by atoms with van der Waals surface area (Å²) in [6, 6.07) is 9.20. The van der Waals surface area contributed by atoms with Gasteiger partial charge in [-0.3, -0.25) is 4.90 Å². The Morgan fingerprint density at radius 2 is 2.26 bits per heavy atom. The van der Waals surface area contributed by atoms with E-state index in [0.717, 1.165) is 38.2 Å².